The molecule has 0 amide bonds. The van der Waals surface area contributed by atoms with Crippen molar-refractivity contribution in [2.24, 2.45) is 0 Å². The Kier molecular flexibility index (Phi) is 3.81. The molecule has 0 aliphatic carbocycles. The van der Waals surface area contributed by atoms with Gasteiger partial charge >= 0.3 is 5.97 Å². The second-order valence-corrected chi connectivity index (χ2v) is 6.14. The Morgan fingerprint density at radius 2 is 1.54 bits per heavy atom. The minimum atomic E-state index is -0.445. The molecule has 0 atom stereocenters. The Bertz CT molecular complexity index is 1150. The predicted octanol–water partition coefficient (Wildman–Crippen LogP) is 5.32. The fourth-order valence-corrected chi connectivity index (χ4v) is 3.26. The van der Waals surface area contributed by atoms with Gasteiger partial charge in [-0.05, 0) is 32.0 Å². The number of hydrogen-bond acceptors (Lipinski definition) is 4. The Hall–Kier alpha value is -3.40. The molecule has 4 heteroatoms. The zero-order valence-corrected chi connectivity index (χ0v) is 14.4. The van der Waals surface area contributed by atoms with Crippen molar-refractivity contribution in [1.29, 1.82) is 0 Å². The third-order valence-corrected chi connectivity index (χ3v) is 4.40. The van der Waals surface area contributed by atoms with Gasteiger partial charge in [0, 0.05) is 16.2 Å². The molecule has 0 N–H and O–H groups in total. The summed E-state index contributed by atoms with van der Waals surface area (Å²) in [6.45, 7) is 3.27. The van der Waals surface area contributed by atoms with E-state index < -0.39 is 5.97 Å². The summed E-state index contributed by atoms with van der Waals surface area (Å²) in [6.07, 6.45) is 0. The van der Waals surface area contributed by atoms with E-state index in [9.17, 15) is 9.59 Å². The quantitative estimate of drug-likeness (QED) is 0.287. The molecule has 4 nitrogen and oxygen atoms in total. The lowest BCUT2D eigenvalue weighted by Gasteiger charge is -2.09. The molecule has 0 aliphatic heterocycles. The molecule has 0 bridgehead atoms. The number of benzene rings is 3. The summed E-state index contributed by atoms with van der Waals surface area (Å²) in [5, 5.41) is 2.22. The third kappa shape index (κ3) is 2.56. The Labute approximate surface area is 150 Å². The standard InChI is InChI=1S/C22H16O4/c1-13(23)20-14(2)25-21-17-11-7-6-10-16(17)19(12-18(20)21)26-22(24)15-8-4-3-5-9-15/h3-12H,1-2H3. The fourth-order valence-electron chi connectivity index (χ4n) is 3.26. The van der Waals surface area contributed by atoms with E-state index in [1.807, 2.05) is 30.3 Å². The molecule has 0 saturated heterocycles. The van der Waals surface area contributed by atoms with Crippen LogP contribution in [0.5, 0.6) is 5.75 Å². The van der Waals surface area contributed by atoms with E-state index in [-0.39, 0.29) is 5.78 Å². The normalized spacial score (nSPS) is 11.0. The van der Waals surface area contributed by atoms with Crippen LogP contribution in [0.15, 0.2) is 65.1 Å². The van der Waals surface area contributed by atoms with E-state index in [4.69, 9.17) is 9.15 Å². The Balaban J connectivity index is 1.94. The molecular formula is C22H16O4. The summed E-state index contributed by atoms with van der Waals surface area (Å²) in [6, 6.07) is 18.0. The summed E-state index contributed by atoms with van der Waals surface area (Å²) in [7, 11) is 0. The zero-order chi connectivity index (χ0) is 18.3. The smallest absolute Gasteiger partial charge is 0.343 e. The van der Waals surface area contributed by atoms with Crippen LogP contribution < -0.4 is 4.74 Å². The van der Waals surface area contributed by atoms with Crippen molar-refractivity contribution in [2.75, 3.05) is 0 Å². The van der Waals surface area contributed by atoms with Gasteiger partial charge < -0.3 is 9.15 Å². The number of hydrogen-bond donors (Lipinski definition) is 0. The predicted molar refractivity (Wildman–Crippen MR) is 99.9 cm³/mol. The highest BCUT2D eigenvalue weighted by Gasteiger charge is 2.20. The first-order valence-electron chi connectivity index (χ1n) is 8.29. The summed E-state index contributed by atoms with van der Waals surface area (Å²) in [4.78, 5) is 24.6. The highest BCUT2D eigenvalue weighted by Crippen LogP contribution is 2.38. The number of esters is 1. The van der Waals surface area contributed by atoms with E-state index in [2.05, 4.69) is 0 Å². The molecular weight excluding hydrogens is 328 g/mol. The maximum atomic E-state index is 12.5. The number of rotatable bonds is 3. The van der Waals surface area contributed by atoms with Gasteiger partial charge in [0.15, 0.2) is 5.78 Å². The van der Waals surface area contributed by atoms with Gasteiger partial charge in [-0.15, -0.1) is 0 Å². The van der Waals surface area contributed by atoms with Crippen LogP contribution in [0, 0.1) is 6.92 Å². The highest BCUT2D eigenvalue weighted by molar-refractivity contribution is 6.16. The second kappa shape index (κ2) is 6.15. The first kappa shape index (κ1) is 16.1. The lowest BCUT2D eigenvalue weighted by atomic mass is 10.0. The van der Waals surface area contributed by atoms with Crippen molar-refractivity contribution in [3.05, 3.63) is 77.6 Å². The number of ether oxygens (including phenoxy) is 1. The number of furan rings is 1. The van der Waals surface area contributed by atoms with Gasteiger partial charge in [-0.3, -0.25) is 4.79 Å². The SMILES string of the molecule is CC(=O)c1c(C)oc2c1cc(OC(=O)c1ccccc1)c1ccccc12. The van der Waals surface area contributed by atoms with Gasteiger partial charge in [-0.1, -0.05) is 42.5 Å². The Morgan fingerprint density at radius 3 is 2.23 bits per heavy atom. The summed E-state index contributed by atoms with van der Waals surface area (Å²) < 4.78 is 11.5. The van der Waals surface area contributed by atoms with Crippen molar-refractivity contribution in [3.8, 4) is 5.75 Å². The third-order valence-electron chi connectivity index (χ3n) is 4.40. The van der Waals surface area contributed by atoms with Gasteiger partial charge in [0.1, 0.15) is 17.1 Å². The maximum absolute atomic E-state index is 12.5. The van der Waals surface area contributed by atoms with Gasteiger partial charge in [0.2, 0.25) is 0 Å². The lowest BCUT2D eigenvalue weighted by molar-refractivity contribution is 0.0737. The summed E-state index contributed by atoms with van der Waals surface area (Å²) in [5.41, 5.74) is 1.61. The molecule has 4 aromatic rings. The number of Topliss-reactive ketones (excluding diaryl/α,β-unsaturated/α-hetero) is 1. The molecule has 3 aromatic carbocycles. The topological polar surface area (TPSA) is 56.5 Å². The average molecular weight is 344 g/mol. The van der Waals surface area contributed by atoms with Crippen molar-refractivity contribution in [3.63, 3.8) is 0 Å². The van der Waals surface area contributed by atoms with Crippen LogP contribution in [-0.4, -0.2) is 11.8 Å². The average Bonchev–Trinajstić information content (AvgIpc) is 2.99. The Morgan fingerprint density at radius 1 is 0.885 bits per heavy atom. The number of fused-ring (bicyclic) bond motifs is 3. The number of carbonyl (C=O) groups excluding carboxylic acids is 2. The van der Waals surface area contributed by atoms with Gasteiger partial charge in [0.25, 0.3) is 0 Å². The van der Waals surface area contributed by atoms with Crippen LogP contribution >= 0.6 is 0 Å². The summed E-state index contributed by atoms with van der Waals surface area (Å²) >= 11 is 0. The number of carbonyl (C=O) groups is 2. The van der Waals surface area contributed by atoms with E-state index in [1.54, 1.807) is 37.3 Å². The zero-order valence-electron chi connectivity index (χ0n) is 14.4. The second-order valence-electron chi connectivity index (χ2n) is 6.14. The van der Waals surface area contributed by atoms with Gasteiger partial charge in [0.05, 0.1) is 11.1 Å². The van der Waals surface area contributed by atoms with E-state index in [0.717, 1.165) is 10.8 Å². The van der Waals surface area contributed by atoms with Crippen molar-refractivity contribution < 1.29 is 18.7 Å². The molecule has 4 rings (SSSR count). The lowest BCUT2D eigenvalue weighted by Crippen LogP contribution is -2.08. The van der Waals surface area contributed by atoms with E-state index in [0.29, 0.717) is 33.6 Å². The molecule has 1 aromatic heterocycles. The van der Waals surface area contributed by atoms with Crippen LogP contribution in [0.2, 0.25) is 0 Å². The fraction of sp³-hybridized carbons (Fsp3) is 0.0909. The van der Waals surface area contributed by atoms with E-state index in [1.165, 1.54) is 6.92 Å². The number of ketones is 1. The van der Waals surface area contributed by atoms with Crippen LogP contribution in [0.25, 0.3) is 21.7 Å². The molecule has 0 unspecified atom stereocenters. The van der Waals surface area contributed by atoms with Crippen LogP contribution in [-0.2, 0) is 0 Å². The van der Waals surface area contributed by atoms with E-state index >= 15 is 0 Å². The summed E-state index contributed by atoms with van der Waals surface area (Å²) in [5.74, 6) is 0.436. The molecule has 0 aliphatic rings. The minimum absolute atomic E-state index is 0.0862. The number of aryl methyl sites for hydroxylation is 1. The monoisotopic (exact) mass is 344 g/mol. The van der Waals surface area contributed by atoms with Crippen LogP contribution in [0.3, 0.4) is 0 Å². The van der Waals surface area contributed by atoms with Crippen LogP contribution in [0.4, 0.5) is 0 Å². The molecule has 0 saturated carbocycles. The van der Waals surface area contributed by atoms with Gasteiger partial charge in [-0.25, -0.2) is 4.79 Å². The molecule has 0 radical (unpaired) electrons. The molecule has 1 heterocycles. The highest BCUT2D eigenvalue weighted by atomic mass is 16.5. The molecule has 0 spiro atoms. The first-order valence-corrected chi connectivity index (χ1v) is 8.29. The largest absolute Gasteiger partial charge is 0.460 e. The van der Waals surface area contributed by atoms with Crippen LogP contribution in [0.1, 0.15) is 33.4 Å². The molecule has 0 fully saturated rings. The maximum Gasteiger partial charge on any atom is 0.343 e. The molecule has 26 heavy (non-hydrogen) atoms. The minimum Gasteiger partial charge on any atom is -0.460 e. The van der Waals surface area contributed by atoms with Crippen molar-refractivity contribution >= 4 is 33.5 Å². The van der Waals surface area contributed by atoms with Gasteiger partial charge in [-0.2, -0.15) is 0 Å². The van der Waals surface area contributed by atoms with Crippen molar-refractivity contribution in [2.45, 2.75) is 13.8 Å². The first-order chi connectivity index (χ1) is 12.6. The molecule has 128 valence electrons. The van der Waals surface area contributed by atoms with Crippen molar-refractivity contribution in [1.82, 2.24) is 0 Å².